The lowest BCUT2D eigenvalue weighted by Crippen LogP contribution is -2.32. The van der Waals surface area contributed by atoms with Gasteiger partial charge < -0.3 is 10.1 Å². The molecule has 0 spiro atoms. The zero-order valence-corrected chi connectivity index (χ0v) is 18.6. The molecule has 0 radical (unpaired) electrons. The number of hydrogen-bond acceptors (Lipinski definition) is 4. The van der Waals surface area contributed by atoms with Gasteiger partial charge in [-0.1, -0.05) is 42.5 Å². The first kappa shape index (κ1) is 20.8. The van der Waals surface area contributed by atoms with Crippen LogP contribution in [0.25, 0.3) is 0 Å². The monoisotopic (exact) mass is 430 g/mol. The van der Waals surface area contributed by atoms with E-state index in [4.69, 9.17) is 9.84 Å². The molecule has 0 saturated heterocycles. The van der Waals surface area contributed by atoms with Gasteiger partial charge in [0.1, 0.15) is 5.75 Å². The Bertz CT molecular complexity index is 1070. The fourth-order valence-corrected chi connectivity index (χ4v) is 4.40. The molecule has 6 heteroatoms. The Hall–Kier alpha value is -3.12. The first-order valence-electron chi connectivity index (χ1n) is 11.5. The maximum absolute atomic E-state index is 13.0. The van der Waals surface area contributed by atoms with Crippen molar-refractivity contribution in [2.45, 2.75) is 51.4 Å². The number of rotatable bonds is 8. The van der Waals surface area contributed by atoms with Gasteiger partial charge in [0.15, 0.2) is 5.69 Å². The summed E-state index contributed by atoms with van der Waals surface area (Å²) in [5.41, 5.74) is 5.45. The van der Waals surface area contributed by atoms with Gasteiger partial charge in [-0.2, -0.15) is 5.10 Å². The van der Waals surface area contributed by atoms with Crippen LogP contribution < -0.4 is 10.1 Å². The molecule has 3 aromatic rings. The van der Waals surface area contributed by atoms with Crippen molar-refractivity contribution in [1.29, 1.82) is 0 Å². The average Bonchev–Trinajstić information content (AvgIpc) is 3.57. The summed E-state index contributed by atoms with van der Waals surface area (Å²) in [6.07, 6.45) is 3.93. The van der Waals surface area contributed by atoms with Crippen LogP contribution in [0.3, 0.4) is 0 Å². The van der Waals surface area contributed by atoms with Crippen LogP contribution in [-0.2, 0) is 32.5 Å². The molecule has 166 valence electrons. The molecule has 2 aliphatic rings. The number of carbonyl (C=O) groups excluding carboxylic acids is 1. The van der Waals surface area contributed by atoms with Crippen molar-refractivity contribution in [2.24, 2.45) is 0 Å². The number of nitrogens with one attached hydrogen (secondary N) is 1. The summed E-state index contributed by atoms with van der Waals surface area (Å²) in [5.74, 6) is 0.844. The first-order chi connectivity index (χ1) is 15.7. The first-order valence-corrected chi connectivity index (χ1v) is 11.5. The molecule has 0 unspecified atom stereocenters. The third kappa shape index (κ3) is 4.70. The van der Waals surface area contributed by atoms with Crippen molar-refractivity contribution >= 4 is 5.91 Å². The lowest BCUT2D eigenvalue weighted by Gasteiger charge is -2.27. The van der Waals surface area contributed by atoms with Crippen LogP contribution in [0, 0.1) is 0 Å². The Morgan fingerprint density at radius 3 is 2.59 bits per heavy atom. The molecule has 1 N–H and O–H groups in total. The third-order valence-electron chi connectivity index (χ3n) is 6.36. The summed E-state index contributed by atoms with van der Waals surface area (Å²) in [4.78, 5) is 15.4. The van der Waals surface area contributed by atoms with E-state index in [0.717, 1.165) is 63.2 Å². The second-order valence-electron chi connectivity index (χ2n) is 8.79. The van der Waals surface area contributed by atoms with Crippen molar-refractivity contribution in [3.8, 4) is 5.75 Å². The number of aromatic nitrogens is 2. The summed E-state index contributed by atoms with van der Waals surface area (Å²) in [6, 6.07) is 19.0. The van der Waals surface area contributed by atoms with E-state index in [0.29, 0.717) is 11.7 Å². The van der Waals surface area contributed by atoms with E-state index in [1.165, 1.54) is 16.8 Å². The van der Waals surface area contributed by atoms with Gasteiger partial charge in [-0.15, -0.1) is 0 Å². The average molecular weight is 431 g/mol. The number of methoxy groups -OCH3 is 1. The molecule has 0 atom stereocenters. The molecular weight excluding hydrogens is 400 g/mol. The number of amides is 1. The molecule has 32 heavy (non-hydrogen) atoms. The summed E-state index contributed by atoms with van der Waals surface area (Å²) in [6.45, 7) is 3.39. The fourth-order valence-electron chi connectivity index (χ4n) is 4.40. The van der Waals surface area contributed by atoms with E-state index in [1.807, 2.05) is 18.2 Å². The molecule has 6 nitrogen and oxygen atoms in total. The van der Waals surface area contributed by atoms with Gasteiger partial charge in [0, 0.05) is 49.9 Å². The summed E-state index contributed by atoms with van der Waals surface area (Å²) in [5, 5.41) is 7.95. The Kier molecular flexibility index (Phi) is 5.95. The number of nitrogens with zero attached hydrogens (tertiary/aromatic N) is 3. The van der Waals surface area contributed by atoms with Crippen LogP contribution in [0.4, 0.5) is 0 Å². The minimum atomic E-state index is -0.0199. The number of hydrogen-bond donors (Lipinski definition) is 1. The summed E-state index contributed by atoms with van der Waals surface area (Å²) >= 11 is 0. The molecule has 1 aromatic heterocycles. The topological polar surface area (TPSA) is 59.4 Å². The number of aryl methyl sites for hydroxylation is 2. The number of benzene rings is 2. The molecule has 2 aromatic carbocycles. The van der Waals surface area contributed by atoms with Crippen LogP contribution in [0.15, 0.2) is 54.6 Å². The van der Waals surface area contributed by atoms with Gasteiger partial charge >= 0.3 is 0 Å². The van der Waals surface area contributed by atoms with E-state index in [-0.39, 0.29) is 5.91 Å². The predicted molar refractivity (Wildman–Crippen MR) is 124 cm³/mol. The summed E-state index contributed by atoms with van der Waals surface area (Å²) in [7, 11) is 1.68. The molecule has 5 rings (SSSR count). The maximum atomic E-state index is 13.0. The van der Waals surface area contributed by atoms with E-state index < -0.39 is 0 Å². The summed E-state index contributed by atoms with van der Waals surface area (Å²) < 4.78 is 7.33. The molecule has 2 heterocycles. The normalized spacial score (nSPS) is 15.9. The Morgan fingerprint density at radius 1 is 1.09 bits per heavy atom. The SMILES string of the molecule is COc1ccc(CCn2nc(C(=O)NC3CC3)c3c2CCN(Cc2ccccc2)C3)cc1. The van der Waals surface area contributed by atoms with Crippen LogP contribution in [0.2, 0.25) is 0 Å². The van der Waals surface area contributed by atoms with Crippen LogP contribution in [-0.4, -0.2) is 40.3 Å². The van der Waals surface area contributed by atoms with Gasteiger partial charge in [0.25, 0.3) is 5.91 Å². The van der Waals surface area contributed by atoms with Crippen molar-refractivity contribution in [2.75, 3.05) is 13.7 Å². The minimum absolute atomic E-state index is 0.0199. The quantitative estimate of drug-likeness (QED) is 0.593. The van der Waals surface area contributed by atoms with E-state index in [9.17, 15) is 4.79 Å². The molecular formula is C26H30N4O2. The van der Waals surface area contributed by atoms with Gasteiger partial charge in [-0.05, 0) is 42.5 Å². The zero-order chi connectivity index (χ0) is 21.9. The Morgan fingerprint density at radius 2 is 1.88 bits per heavy atom. The van der Waals surface area contributed by atoms with E-state index in [2.05, 4.69) is 51.3 Å². The van der Waals surface area contributed by atoms with Gasteiger partial charge in [0.2, 0.25) is 0 Å². The second-order valence-corrected chi connectivity index (χ2v) is 8.79. The van der Waals surface area contributed by atoms with Gasteiger partial charge in [-0.3, -0.25) is 14.4 Å². The van der Waals surface area contributed by atoms with Crippen LogP contribution in [0.1, 0.15) is 45.7 Å². The number of fused-ring (bicyclic) bond motifs is 1. The van der Waals surface area contributed by atoms with E-state index >= 15 is 0 Å². The smallest absolute Gasteiger partial charge is 0.272 e. The molecule has 1 fully saturated rings. The van der Waals surface area contributed by atoms with E-state index in [1.54, 1.807) is 7.11 Å². The largest absolute Gasteiger partial charge is 0.497 e. The third-order valence-corrected chi connectivity index (χ3v) is 6.36. The number of ether oxygens (including phenoxy) is 1. The molecule has 1 amide bonds. The zero-order valence-electron chi connectivity index (χ0n) is 18.6. The fraction of sp³-hybridized carbons (Fsp3) is 0.385. The molecule has 1 aliphatic heterocycles. The van der Waals surface area contributed by atoms with Crippen LogP contribution >= 0.6 is 0 Å². The predicted octanol–water partition coefficient (Wildman–Crippen LogP) is 3.58. The highest BCUT2D eigenvalue weighted by Gasteiger charge is 2.31. The maximum Gasteiger partial charge on any atom is 0.272 e. The van der Waals surface area contributed by atoms with Crippen molar-refractivity contribution in [3.63, 3.8) is 0 Å². The van der Waals surface area contributed by atoms with Crippen molar-refractivity contribution in [3.05, 3.63) is 82.7 Å². The molecule has 1 aliphatic carbocycles. The highest BCUT2D eigenvalue weighted by molar-refractivity contribution is 5.94. The lowest BCUT2D eigenvalue weighted by molar-refractivity contribution is 0.0943. The molecule has 0 bridgehead atoms. The molecule has 1 saturated carbocycles. The number of carbonyl (C=O) groups is 1. The standard InChI is InChI=1S/C26H30N4O2/c1-32-22-11-7-19(8-12-22)13-16-30-24-14-15-29(17-20-5-3-2-4-6-20)18-23(24)25(28-30)26(31)27-21-9-10-21/h2-8,11-12,21H,9-10,13-18H2,1H3,(H,27,31). The van der Waals surface area contributed by atoms with Gasteiger partial charge in [-0.25, -0.2) is 0 Å². The Labute approximate surface area is 189 Å². The van der Waals surface area contributed by atoms with Gasteiger partial charge in [0.05, 0.1) is 7.11 Å². The van der Waals surface area contributed by atoms with Crippen molar-refractivity contribution < 1.29 is 9.53 Å². The Balaban J connectivity index is 1.35. The lowest BCUT2D eigenvalue weighted by atomic mass is 10.0. The highest BCUT2D eigenvalue weighted by atomic mass is 16.5. The minimum Gasteiger partial charge on any atom is -0.497 e. The van der Waals surface area contributed by atoms with Crippen LogP contribution in [0.5, 0.6) is 5.75 Å². The highest BCUT2D eigenvalue weighted by Crippen LogP contribution is 2.26. The second kappa shape index (κ2) is 9.17. The van der Waals surface area contributed by atoms with Crippen molar-refractivity contribution in [1.82, 2.24) is 20.0 Å².